The molecule has 0 unspecified atom stereocenters. The molecule has 1 aliphatic heterocycles. The van der Waals surface area contributed by atoms with Gasteiger partial charge in [-0.3, -0.25) is 4.79 Å². The van der Waals surface area contributed by atoms with E-state index in [9.17, 15) is 14.7 Å². The molecule has 0 spiro atoms. The van der Waals surface area contributed by atoms with Gasteiger partial charge in [-0.05, 0) is 31.6 Å². The van der Waals surface area contributed by atoms with Crippen LogP contribution in [0.25, 0.3) is 0 Å². The van der Waals surface area contributed by atoms with Crippen molar-refractivity contribution in [3.05, 3.63) is 12.7 Å². The highest BCUT2D eigenvalue weighted by atomic mass is 16.4. The van der Waals surface area contributed by atoms with Crippen molar-refractivity contribution in [2.75, 3.05) is 0 Å². The topological polar surface area (TPSA) is 57.6 Å². The lowest BCUT2D eigenvalue weighted by Crippen LogP contribution is -2.46. The van der Waals surface area contributed by atoms with Crippen LogP contribution in [0.4, 0.5) is 0 Å². The molecule has 1 saturated carbocycles. The maximum atomic E-state index is 12.2. The number of rotatable bonds is 4. The van der Waals surface area contributed by atoms with Crippen molar-refractivity contribution in [3.8, 4) is 0 Å². The Labute approximate surface area is 108 Å². The van der Waals surface area contributed by atoms with Gasteiger partial charge >= 0.3 is 5.97 Å². The number of carbonyl (C=O) groups is 2. The van der Waals surface area contributed by atoms with E-state index in [1.807, 2.05) is 0 Å². The van der Waals surface area contributed by atoms with Gasteiger partial charge in [0, 0.05) is 12.5 Å². The lowest BCUT2D eigenvalue weighted by Gasteiger charge is -2.33. The van der Waals surface area contributed by atoms with Gasteiger partial charge < -0.3 is 10.0 Å². The molecule has 0 aromatic carbocycles. The number of carboxylic acids is 1. The van der Waals surface area contributed by atoms with Crippen LogP contribution in [0, 0.1) is 5.92 Å². The molecule has 1 saturated heterocycles. The number of aliphatic carboxylic acids is 1. The smallest absolute Gasteiger partial charge is 0.326 e. The van der Waals surface area contributed by atoms with Gasteiger partial charge in [-0.1, -0.05) is 18.9 Å². The molecule has 4 nitrogen and oxygen atoms in total. The predicted molar refractivity (Wildman–Crippen MR) is 68.1 cm³/mol. The van der Waals surface area contributed by atoms with E-state index < -0.39 is 12.0 Å². The second-order valence-corrected chi connectivity index (χ2v) is 5.33. The van der Waals surface area contributed by atoms with Crippen molar-refractivity contribution in [3.63, 3.8) is 0 Å². The molecule has 1 heterocycles. The minimum Gasteiger partial charge on any atom is -0.480 e. The number of allylic oxidation sites excluding steroid dienone is 1. The molecular weight excluding hydrogens is 230 g/mol. The third-order valence-corrected chi connectivity index (χ3v) is 4.22. The van der Waals surface area contributed by atoms with Gasteiger partial charge in [0.05, 0.1) is 0 Å². The Hall–Kier alpha value is -1.32. The molecule has 18 heavy (non-hydrogen) atoms. The van der Waals surface area contributed by atoms with Gasteiger partial charge in [-0.25, -0.2) is 4.79 Å². The number of nitrogens with zero attached hydrogens (tertiary/aromatic N) is 1. The van der Waals surface area contributed by atoms with Crippen LogP contribution in [0.3, 0.4) is 0 Å². The summed E-state index contributed by atoms with van der Waals surface area (Å²) in [6, 6.07) is -0.437. The molecule has 0 bridgehead atoms. The number of carboxylic acid groups (broad SMARTS) is 1. The predicted octanol–water partition coefficient (Wildman–Crippen LogP) is 2.20. The lowest BCUT2D eigenvalue weighted by atomic mass is 9.84. The molecule has 3 atom stereocenters. The molecule has 1 aliphatic carbocycles. The quantitative estimate of drug-likeness (QED) is 0.779. The molecule has 1 N–H and O–H groups in total. The van der Waals surface area contributed by atoms with E-state index in [4.69, 9.17) is 0 Å². The van der Waals surface area contributed by atoms with Crippen molar-refractivity contribution >= 4 is 11.9 Å². The minimum absolute atomic E-state index is 0.0169. The molecule has 0 aromatic rings. The Balaban J connectivity index is 2.13. The summed E-state index contributed by atoms with van der Waals surface area (Å²) in [6.45, 7) is 3.61. The highest BCUT2D eigenvalue weighted by molar-refractivity contribution is 5.84. The summed E-state index contributed by atoms with van der Waals surface area (Å²) in [6.07, 6.45) is 7.67. The third-order valence-electron chi connectivity index (χ3n) is 4.22. The Kier molecular flexibility index (Phi) is 4.04. The van der Waals surface area contributed by atoms with E-state index in [0.29, 0.717) is 25.2 Å². The SMILES string of the molecule is C=CCCC(=O)N1[C@H](C(=O)O)C[C@H]2CCCC[C@@H]21. The van der Waals surface area contributed by atoms with Gasteiger partial charge in [0.1, 0.15) is 6.04 Å². The average Bonchev–Trinajstić information content (AvgIpc) is 2.75. The molecule has 100 valence electrons. The van der Waals surface area contributed by atoms with E-state index in [1.165, 1.54) is 6.42 Å². The summed E-state index contributed by atoms with van der Waals surface area (Å²) in [5, 5.41) is 9.29. The summed E-state index contributed by atoms with van der Waals surface area (Å²) in [5.41, 5.74) is 0. The number of amides is 1. The molecule has 4 heteroatoms. The first-order chi connectivity index (χ1) is 8.65. The largest absolute Gasteiger partial charge is 0.480 e. The van der Waals surface area contributed by atoms with Gasteiger partial charge in [0.15, 0.2) is 0 Å². The van der Waals surface area contributed by atoms with Crippen molar-refractivity contribution in [2.45, 2.75) is 57.0 Å². The molecular formula is C14H21NO3. The molecule has 2 rings (SSSR count). The van der Waals surface area contributed by atoms with Gasteiger partial charge in [-0.15, -0.1) is 6.58 Å². The van der Waals surface area contributed by atoms with Crippen LogP contribution in [0.2, 0.25) is 0 Å². The van der Waals surface area contributed by atoms with E-state index in [-0.39, 0.29) is 11.9 Å². The molecule has 2 aliphatic rings. The second kappa shape index (κ2) is 5.55. The second-order valence-electron chi connectivity index (χ2n) is 5.33. The minimum atomic E-state index is -0.851. The van der Waals surface area contributed by atoms with Gasteiger partial charge in [0.25, 0.3) is 0 Å². The summed E-state index contributed by atoms with van der Waals surface area (Å²) < 4.78 is 0. The average molecular weight is 251 g/mol. The number of hydrogen-bond acceptors (Lipinski definition) is 2. The van der Waals surface area contributed by atoms with Crippen molar-refractivity contribution < 1.29 is 14.7 Å². The van der Waals surface area contributed by atoms with Crippen molar-refractivity contribution in [1.82, 2.24) is 4.90 Å². The van der Waals surface area contributed by atoms with E-state index in [1.54, 1.807) is 11.0 Å². The normalized spacial score (nSPS) is 30.9. The van der Waals surface area contributed by atoms with Crippen LogP contribution < -0.4 is 0 Å². The third kappa shape index (κ3) is 2.42. The Morgan fingerprint density at radius 2 is 2.06 bits per heavy atom. The standard InChI is InChI=1S/C14H21NO3/c1-2-3-8-13(16)15-11-7-5-4-6-10(11)9-12(15)14(17)18/h2,10-12H,1,3-9H2,(H,17,18)/t10-,11+,12+/m1/s1. The summed E-state index contributed by atoms with van der Waals surface area (Å²) in [5.74, 6) is -0.472. The number of hydrogen-bond donors (Lipinski definition) is 1. The molecule has 2 fully saturated rings. The first-order valence-electron chi connectivity index (χ1n) is 6.80. The van der Waals surface area contributed by atoms with Gasteiger partial charge in [-0.2, -0.15) is 0 Å². The van der Waals surface area contributed by atoms with Crippen LogP contribution in [0.1, 0.15) is 44.9 Å². The van der Waals surface area contributed by atoms with E-state index in [0.717, 1.165) is 19.3 Å². The fraction of sp³-hybridized carbons (Fsp3) is 0.714. The highest BCUT2D eigenvalue weighted by Crippen LogP contribution is 2.40. The number of carbonyl (C=O) groups excluding carboxylic acids is 1. The van der Waals surface area contributed by atoms with Gasteiger partial charge in [0.2, 0.25) is 5.91 Å². The zero-order valence-electron chi connectivity index (χ0n) is 10.7. The summed E-state index contributed by atoms with van der Waals surface area (Å²) in [7, 11) is 0. The van der Waals surface area contributed by atoms with Crippen LogP contribution >= 0.6 is 0 Å². The molecule has 1 amide bonds. The zero-order valence-corrected chi connectivity index (χ0v) is 10.7. The summed E-state index contributed by atoms with van der Waals surface area (Å²) in [4.78, 5) is 25.2. The maximum Gasteiger partial charge on any atom is 0.326 e. The van der Waals surface area contributed by atoms with Crippen molar-refractivity contribution in [2.24, 2.45) is 5.92 Å². The van der Waals surface area contributed by atoms with E-state index in [2.05, 4.69) is 6.58 Å². The Morgan fingerprint density at radius 3 is 2.72 bits per heavy atom. The van der Waals surface area contributed by atoms with Crippen LogP contribution in [-0.2, 0) is 9.59 Å². The Bertz CT molecular complexity index is 353. The van der Waals surface area contributed by atoms with Crippen LogP contribution in [0.5, 0.6) is 0 Å². The lowest BCUT2D eigenvalue weighted by molar-refractivity contribution is -0.149. The van der Waals surface area contributed by atoms with E-state index >= 15 is 0 Å². The number of fused-ring (bicyclic) bond motifs is 1. The van der Waals surface area contributed by atoms with Crippen LogP contribution in [0.15, 0.2) is 12.7 Å². The first-order valence-corrected chi connectivity index (χ1v) is 6.80. The first kappa shape index (κ1) is 13.1. The summed E-state index contributed by atoms with van der Waals surface area (Å²) >= 11 is 0. The monoisotopic (exact) mass is 251 g/mol. The highest BCUT2D eigenvalue weighted by Gasteiger charge is 2.46. The fourth-order valence-electron chi connectivity index (χ4n) is 3.39. The fourth-order valence-corrected chi connectivity index (χ4v) is 3.39. The Morgan fingerprint density at radius 1 is 1.33 bits per heavy atom. The van der Waals surface area contributed by atoms with Crippen molar-refractivity contribution in [1.29, 1.82) is 0 Å². The maximum absolute atomic E-state index is 12.2. The zero-order chi connectivity index (χ0) is 13.1. The number of likely N-dealkylation sites (tertiary alicyclic amines) is 1. The molecule has 0 radical (unpaired) electrons. The van der Waals surface area contributed by atoms with Crippen LogP contribution in [-0.4, -0.2) is 34.0 Å². The molecule has 0 aromatic heterocycles.